The predicted molar refractivity (Wildman–Crippen MR) is 140 cm³/mol. The van der Waals surface area contributed by atoms with Crippen LogP contribution in [-0.4, -0.2) is 40.3 Å². The van der Waals surface area contributed by atoms with E-state index >= 15 is 0 Å². The normalized spacial score (nSPS) is 10.9. The third kappa shape index (κ3) is 5.64. The molecule has 2 aromatic carbocycles. The standard InChI is InChI=1S/C27H29N5O4/c1-36-17-7-16-31(23(33)18-20-10-12-22(13-11-20)30-14-5-6-15-30)24-25(28)32(27(35)29-26(24)34)19-21-8-3-2-4-9-21/h2-6,8-15H,7,16-19,28H2,1H3,(H,29,34,35). The molecule has 0 radical (unpaired) electrons. The van der Waals surface area contributed by atoms with Crippen molar-refractivity contribution >= 4 is 17.4 Å². The van der Waals surface area contributed by atoms with E-state index in [4.69, 9.17) is 10.5 Å². The second kappa shape index (κ2) is 11.4. The Kier molecular flexibility index (Phi) is 7.82. The van der Waals surface area contributed by atoms with Crippen LogP contribution in [0.4, 0.5) is 11.5 Å². The first-order chi connectivity index (χ1) is 17.5. The lowest BCUT2D eigenvalue weighted by atomic mass is 10.1. The van der Waals surface area contributed by atoms with Crippen LogP contribution >= 0.6 is 0 Å². The number of aromatic nitrogens is 3. The molecule has 0 atom stereocenters. The molecule has 9 nitrogen and oxygen atoms in total. The molecule has 0 saturated carbocycles. The number of carbonyl (C=O) groups is 1. The van der Waals surface area contributed by atoms with E-state index in [1.54, 1.807) is 7.11 Å². The molecule has 0 fully saturated rings. The molecule has 36 heavy (non-hydrogen) atoms. The highest BCUT2D eigenvalue weighted by molar-refractivity contribution is 5.96. The van der Waals surface area contributed by atoms with Crippen molar-refractivity contribution in [3.05, 3.63) is 111 Å². The topological polar surface area (TPSA) is 115 Å². The molecule has 186 valence electrons. The Balaban J connectivity index is 1.64. The van der Waals surface area contributed by atoms with Crippen LogP contribution < -0.4 is 21.9 Å². The molecular formula is C27H29N5O4. The van der Waals surface area contributed by atoms with E-state index in [1.807, 2.05) is 83.7 Å². The quantitative estimate of drug-likeness (QED) is 0.334. The summed E-state index contributed by atoms with van der Waals surface area (Å²) in [7, 11) is 1.57. The molecule has 0 saturated heterocycles. The van der Waals surface area contributed by atoms with Gasteiger partial charge in [0.15, 0.2) is 5.69 Å². The van der Waals surface area contributed by atoms with E-state index in [9.17, 15) is 14.4 Å². The lowest BCUT2D eigenvalue weighted by Crippen LogP contribution is -2.42. The average Bonchev–Trinajstić information content (AvgIpc) is 3.42. The minimum Gasteiger partial charge on any atom is -0.385 e. The molecule has 0 bridgehead atoms. The maximum absolute atomic E-state index is 13.5. The Morgan fingerprint density at radius 3 is 2.33 bits per heavy atom. The van der Waals surface area contributed by atoms with Gasteiger partial charge in [-0.25, -0.2) is 4.79 Å². The summed E-state index contributed by atoms with van der Waals surface area (Å²) in [5.74, 6) is -0.358. The highest BCUT2D eigenvalue weighted by Gasteiger charge is 2.24. The van der Waals surface area contributed by atoms with E-state index in [2.05, 4.69) is 4.98 Å². The molecule has 4 rings (SSSR count). The lowest BCUT2D eigenvalue weighted by Gasteiger charge is -2.25. The number of nitrogens with one attached hydrogen (secondary N) is 1. The Hall–Kier alpha value is -4.37. The van der Waals surface area contributed by atoms with Crippen molar-refractivity contribution in [1.82, 2.24) is 14.1 Å². The largest absolute Gasteiger partial charge is 0.385 e. The third-order valence-electron chi connectivity index (χ3n) is 5.89. The van der Waals surface area contributed by atoms with E-state index < -0.39 is 11.2 Å². The van der Waals surface area contributed by atoms with Crippen LogP contribution in [-0.2, 0) is 22.5 Å². The van der Waals surface area contributed by atoms with E-state index in [1.165, 1.54) is 9.47 Å². The minimum atomic E-state index is -0.699. The number of aromatic amines is 1. The summed E-state index contributed by atoms with van der Waals surface area (Å²) in [5, 5.41) is 0. The van der Waals surface area contributed by atoms with Gasteiger partial charge >= 0.3 is 5.69 Å². The number of anilines is 2. The van der Waals surface area contributed by atoms with Crippen LogP contribution in [0.3, 0.4) is 0 Å². The van der Waals surface area contributed by atoms with Gasteiger partial charge in [-0.15, -0.1) is 0 Å². The fourth-order valence-corrected chi connectivity index (χ4v) is 4.05. The number of ether oxygens (including phenoxy) is 1. The highest BCUT2D eigenvalue weighted by Crippen LogP contribution is 2.20. The molecule has 0 spiro atoms. The number of nitrogens with zero attached hydrogens (tertiary/aromatic N) is 3. The molecule has 4 aromatic rings. The second-order valence-corrected chi connectivity index (χ2v) is 8.39. The van der Waals surface area contributed by atoms with Gasteiger partial charge in [0.05, 0.1) is 13.0 Å². The van der Waals surface area contributed by atoms with E-state index in [-0.39, 0.29) is 36.9 Å². The Bertz CT molecular complexity index is 1410. The Labute approximate surface area is 208 Å². The van der Waals surface area contributed by atoms with E-state index in [0.29, 0.717) is 13.0 Å². The summed E-state index contributed by atoms with van der Waals surface area (Å²) < 4.78 is 8.39. The van der Waals surface area contributed by atoms with Gasteiger partial charge in [0.25, 0.3) is 5.56 Å². The van der Waals surface area contributed by atoms with Gasteiger partial charge in [-0.3, -0.25) is 19.1 Å². The number of benzene rings is 2. The highest BCUT2D eigenvalue weighted by atomic mass is 16.5. The van der Waals surface area contributed by atoms with Crippen LogP contribution in [0.15, 0.2) is 88.7 Å². The molecule has 0 unspecified atom stereocenters. The Morgan fingerprint density at radius 2 is 1.67 bits per heavy atom. The third-order valence-corrected chi connectivity index (χ3v) is 5.89. The Morgan fingerprint density at radius 1 is 0.972 bits per heavy atom. The summed E-state index contributed by atoms with van der Waals surface area (Å²) in [6.07, 6.45) is 4.44. The molecule has 2 heterocycles. The first-order valence-corrected chi connectivity index (χ1v) is 11.7. The first kappa shape index (κ1) is 24.7. The molecule has 0 aliphatic carbocycles. The smallest absolute Gasteiger partial charge is 0.330 e. The monoisotopic (exact) mass is 487 g/mol. The number of H-pyrrole nitrogens is 1. The summed E-state index contributed by atoms with van der Waals surface area (Å²) in [5.41, 5.74) is 7.60. The molecule has 2 aromatic heterocycles. The summed E-state index contributed by atoms with van der Waals surface area (Å²) in [6.45, 7) is 0.776. The van der Waals surface area contributed by atoms with Crippen molar-refractivity contribution in [1.29, 1.82) is 0 Å². The van der Waals surface area contributed by atoms with Gasteiger partial charge < -0.3 is 19.9 Å². The number of carbonyl (C=O) groups excluding carboxylic acids is 1. The molecule has 9 heteroatoms. The number of rotatable bonds is 10. The number of amides is 1. The molecule has 3 N–H and O–H groups in total. The minimum absolute atomic E-state index is 0.0319. The van der Waals surface area contributed by atoms with Crippen molar-refractivity contribution < 1.29 is 9.53 Å². The van der Waals surface area contributed by atoms with E-state index in [0.717, 1.165) is 16.8 Å². The molecule has 1 amide bonds. The summed E-state index contributed by atoms with van der Waals surface area (Å²) >= 11 is 0. The van der Waals surface area contributed by atoms with Crippen molar-refractivity contribution in [2.24, 2.45) is 0 Å². The molecule has 0 aliphatic rings. The van der Waals surface area contributed by atoms with Crippen LogP contribution in [0.2, 0.25) is 0 Å². The molecule has 0 aliphatic heterocycles. The van der Waals surface area contributed by atoms with Gasteiger partial charge in [0.1, 0.15) is 5.82 Å². The van der Waals surface area contributed by atoms with Gasteiger partial charge in [-0.05, 0) is 41.8 Å². The number of methoxy groups -OCH3 is 1. The molecular weight excluding hydrogens is 458 g/mol. The zero-order valence-corrected chi connectivity index (χ0v) is 20.1. The fourth-order valence-electron chi connectivity index (χ4n) is 4.05. The van der Waals surface area contributed by atoms with Gasteiger partial charge in [0.2, 0.25) is 5.91 Å². The summed E-state index contributed by atoms with van der Waals surface area (Å²) in [4.78, 5) is 42.6. The first-order valence-electron chi connectivity index (χ1n) is 11.7. The van der Waals surface area contributed by atoms with Gasteiger partial charge in [-0.2, -0.15) is 0 Å². The number of nitrogens with two attached hydrogens (primary N) is 1. The lowest BCUT2D eigenvalue weighted by molar-refractivity contribution is -0.118. The van der Waals surface area contributed by atoms with Crippen molar-refractivity contribution in [2.45, 2.75) is 19.4 Å². The van der Waals surface area contributed by atoms with Crippen molar-refractivity contribution in [2.75, 3.05) is 30.9 Å². The zero-order chi connectivity index (χ0) is 25.5. The SMILES string of the molecule is COCCCN(C(=O)Cc1ccc(-n2cccc2)cc1)c1c(N)n(Cc2ccccc2)c(=O)[nH]c1=O. The average molecular weight is 488 g/mol. The van der Waals surface area contributed by atoms with Crippen LogP contribution in [0.1, 0.15) is 17.5 Å². The van der Waals surface area contributed by atoms with Crippen LogP contribution in [0.5, 0.6) is 0 Å². The number of hydrogen-bond acceptors (Lipinski definition) is 5. The predicted octanol–water partition coefficient (Wildman–Crippen LogP) is 2.57. The summed E-state index contributed by atoms with van der Waals surface area (Å²) in [6, 6.07) is 20.8. The van der Waals surface area contributed by atoms with Crippen LogP contribution in [0, 0.1) is 0 Å². The zero-order valence-electron chi connectivity index (χ0n) is 20.1. The van der Waals surface area contributed by atoms with Crippen molar-refractivity contribution in [3.63, 3.8) is 0 Å². The van der Waals surface area contributed by atoms with Crippen LogP contribution in [0.25, 0.3) is 5.69 Å². The maximum atomic E-state index is 13.5. The van der Waals surface area contributed by atoms with Gasteiger partial charge in [-0.1, -0.05) is 42.5 Å². The maximum Gasteiger partial charge on any atom is 0.330 e. The number of hydrogen-bond donors (Lipinski definition) is 2. The number of nitrogen functional groups attached to an aromatic ring is 1. The fraction of sp³-hybridized carbons (Fsp3) is 0.222. The second-order valence-electron chi connectivity index (χ2n) is 8.39. The van der Waals surface area contributed by atoms with Crippen molar-refractivity contribution in [3.8, 4) is 5.69 Å². The van der Waals surface area contributed by atoms with Gasteiger partial charge in [0, 0.05) is 38.3 Å².